The Morgan fingerprint density at radius 2 is 1.86 bits per heavy atom. The van der Waals surface area contributed by atoms with Gasteiger partial charge in [0.2, 0.25) is 0 Å². The first-order chi connectivity index (χ1) is 13.8. The predicted octanol–water partition coefficient (Wildman–Crippen LogP) is 3.86. The fourth-order valence-electron chi connectivity index (χ4n) is 2.99. The van der Waals surface area contributed by atoms with Crippen LogP contribution in [0.2, 0.25) is 0 Å². The van der Waals surface area contributed by atoms with E-state index in [2.05, 4.69) is 19.2 Å². The molecule has 29 heavy (non-hydrogen) atoms. The van der Waals surface area contributed by atoms with Crippen LogP contribution in [0.25, 0.3) is 0 Å². The molecule has 1 atom stereocenters. The number of methoxy groups -OCH3 is 1. The van der Waals surface area contributed by atoms with Crippen LogP contribution in [0.1, 0.15) is 63.8 Å². The number of thiophene rings is 1. The minimum Gasteiger partial charge on any atom is -0.484 e. The number of hydrogen-bond donors (Lipinski definition) is 2. The topological polar surface area (TPSA) is 108 Å². The van der Waals surface area contributed by atoms with Crippen molar-refractivity contribution >= 4 is 34.1 Å². The summed E-state index contributed by atoms with van der Waals surface area (Å²) in [5.41, 5.74) is 7.10. The van der Waals surface area contributed by atoms with Gasteiger partial charge in [-0.2, -0.15) is 0 Å². The molecule has 3 N–H and O–H groups in total. The Kier molecular flexibility index (Phi) is 7.78. The number of carbonyl (C=O) groups is 3. The molecular weight excluding hydrogens is 392 g/mol. The summed E-state index contributed by atoms with van der Waals surface area (Å²) in [4.78, 5) is 36.1. The average molecular weight is 419 g/mol. The first kappa shape index (κ1) is 22.4. The number of primary amides is 1. The number of benzene rings is 1. The van der Waals surface area contributed by atoms with E-state index in [-0.39, 0.29) is 22.0 Å². The van der Waals surface area contributed by atoms with Crippen molar-refractivity contribution in [2.24, 2.45) is 5.73 Å². The Labute approximate surface area is 174 Å². The molecule has 0 saturated carbocycles. The Balaban J connectivity index is 2.04. The lowest BCUT2D eigenvalue weighted by molar-refractivity contribution is -0.118. The maximum absolute atomic E-state index is 12.3. The normalized spacial score (nSPS) is 11.6. The van der Waals surface area contributed by atoms with E-state index in [1.807, 2.05) is 24.3 Å². The summed E-state index contributed by atoms with van der Waals surface area (Å²) in [6.07, 6.45) is 2.23. The van der Waals surface area contributed by atoms with Gasteiger partial charge in [0.1, 0.15) is 15.6 Å². The third-order valence-corrected chi connectivity index (χ3v) is 5.74. The first-order valence-corrected chi connectivity index (χ1v) is 10.1. The van der Waals surface area contributed by atoms with Crippen LogP contribution in [0, 0.1) is 6.92 Å². The summed E-state index contributed by atoms with van der Waals surface area (Å²) in [6, 6.07) is 7.64. The number of carbonyl (C=O) groups excluding carboxylic acids is 3. The summed E-state index contributed by atoms with van der Waals surface area (Å²) in [5.74, 6) is -0.754. The zero-order chi connectivity index (χ0) is 21.6. The van der Waals surface area contributed by atoms with Crippen LogP contribution < -0.4 is 15.8 Å². The number of nitrogens with one attached hydrogen (secondary N) is 1. The molecule has 1 aromatic heterocycles. The quantitative estimate of drug-likeness (QED) is 0.601. The lowest BCUT2D eigenvalue weighted by Gasteiger charge is -2.12. The molecule has 1 heterocycles. The Morgan fingerprint density at radius 3 is 2.41 bits per heavy atom. The van der Waals surface area contributed by atoms with Gasteiger partial charge < -0.3 is 20.5 Å². The fraction of sp³-hybridized carbons (Fsp3) is 0.381. The van der Waals surface area contributed by atoms with Crippen LogP contribution in [-0.4, -0.2) is 31.5 Å². The lowest BCUT2D eigenvalue weighted by atomic mass is 9.97. The molecule has 0 bridgehead atoms. The van der Waals surface area contributed by atoms with Crippen molar-refractivity contribution in [2.75, 3.05) is 19.0 Å². The van der Waals surface area contributed by atoms with E-state index < -0.39 is 17.8 Å². The number of nitrogens with two attached hydrogens (primary N) is 1. The molecule has 156 valence electrons. The van der Waals surface area contributed by atoms with Crippen molar-refractivity contribution in [1.82, 2.24) is 0 Å². The minimum atomic E-state index is -0.734. The van der Waals surface area contributed by atoms with Crippen LogP contribution >= 0.6 is 11.3 Å². The zero-order valence-corrected chi connectivity index (χ0v) is 17.9. The van der Waals surface area contributed by atoms with Gasteiger partial charge in [0.05, 0.1) is 12.7 Å². The molecule has 0 spiro atoms. The molecule has 8 heteroatoms. The van der Waals surface area contributed by atoms with Gasteiger partial charge >= 0.3 is 5.97 Å². The summed E-state index contributed by atoms with van der Waals surface area (Å²) >= 11 is 0.944. The van der Waals surface area contributed by atoms with Gasteiger partial charge in [-0.15, -0.1) is 11.3 Å². The molecule has 2 aromatic rings. The third kappa shape index (κ3) is 5.57. The third-order valence-electron chi connectivity index (χ3n) is 4.56. The highest BCUT2D eigenvalue weighted by atomic mass is 32.1. The Hall–Kier alpha value is -2.87. The van der Waals surface area contributed by atoms with Crippen LogP contribution in [0.5, 0.6) is 5.75 Å². The molecule has 0 saturated heterocycles. The summed E-state index contributed by atoms with van der Waals surface area (Å²) < 4.78 is 10.2. The minimum absolute atomic E-state index is 0.0954. The summed E-state index contributed by atoms with van der Waals surface area (Å²) in [6.45, 7) is 5.66. The largest absolute Gasteiger partial charge is 0.484 e. The number of amides is 2. The highest BCUT2D eigenvalue weighted by Crippen LogP contribution is 2.33. The second-order valence-electron chi connectivity index (χ2n) is 6.71. The van der Waals surface area contributed by atoms with E-state index in [1.54, 1.807) is 6.92 Å². The first-order valence-electron chi connectivity index (χ1n) is 9.32. The highest BCUT2D eigenvalue weighted by Gasteiger charge is 2.24. The van der Waals surface area contributed by atoms with E-state index >= 15 is 0 Å². The van der Waals surface area contributed by atoms with Gasteiger partial charge in [0, 0.05) is 0 Å². The van der Waals surface area contributed by atoms with Crippen molar-refractivity contribution in [3.63, 3.8) is 0 Å². The van der Waals surface area contributed by atoms with Crippen molar-refractivity contribution < 1.29 is 23.9 Å². The highest BCUT2D eigenvalue weighted by molar-refractivity contribution is 7.18. The maximum atomic E-state index is 12.3. The summed E-state index contributed by atoms with van der Waals surface area (Å²) in [5, 5.41) is 2.80. The van der Waals surface area contributed by atoms with Gasteiger partial charge in [-0.05, 0) is 42.5 Å². The lowest BCUT2D eigenvalue weighted by Crippen LogP contribution is -2.22. The van der Waals surface area contributed by atoms with Gasteiger partial charge in [-0.25, -0.2) is 4.79 Å². The number of esters is 1. The van der Waals surface area contributed by atoms with Crippen LogP contribution in [0.3, 0.4) is 0 Å². The van der Waals surface area contributed by atoms with E-state index in [0.29, 0.717) is 17.2 Å². The number of anilines is 1. The van der Waals surface area contributed by atoms with Gasteiger partial charge in [0.15, 0.2) is 6.61 Å². The molecule has 0 aliphatic rings. The molecule has 0 unspecified atom stereocenters. The van der Waals surface area contributed by atoms with Crippen LogP contribution in [-0.2, 0) is 9.53 Å². The maximum Gasteiger partial charge on any atom is 0.348 e. The molecule has 0 fully saturated rings. The van der Waals surface area contributed by atoms with Crippen LogP contribution in [0.4, 0.5) is 5.00 Å². The van der Waals surface area contributed by atoms with E-state index in [4.69, 9.17) is 15.2 Å². The molecule has 2 rings (SSSR count). The molecule has 2 amide bonds. The van der Waals surface area contributed by atoms with Crippen LogP contribution in [0.15, 0.2) is 24.3 Å². The Morgan fingerprint density at radius 1 is 1.21 bits per heavy atom. The number of rotatable bonds is 9. The summed E-state index contributed by atoms with van der Waals surface area (Å²) in [7, 11) is 1.24. The van der Waals surface area contributed by atoms with Gasteiger partial charge in [-0.1, -0.05) is 32.4 Å². The Bertz CT molecular complexity index is 889. The smallest absolute Gasteiger partial charge is 0.348 e. The molecule has 0 aliphatic heterocycles. The van der Waals surface area contributed by atoms with Gasteiger partial charge in [0.25, 0.3) is 11.8 Å². The molecule has 1 aromatic carbocycles. The van der Waals surface area contributed by atoms with Crippen molar-refractivity contribution in [3.8, 4) is 5.75 Å². The fourth-order valence-corrected chi connectivity index (χ4v) is 4.14. The van der Waals surface area contributed by atoms with E-state index in [0.717, 1.165) is 24.2 Å². The van der Waals surface area contributed by atoms with Gasteiger partial charge in [-0.3, -0.25) is 9.59 Å². The molecule has 0 radical (unpaired) electrons. The van der Waals surface area contributed by atoms with Crippen molar-refractivity contribution in [1.29, 1.82) is 0 Å². The standard InChI is InChI=1S/C21H26N2O5S/c1-5-6-12(2)14-7-9-15(10-8-14)28-11-16(24)23-20-17(19(22)25)13(3)18(29-20)21(26)27-4/h7-10,12H,5-6,11H2,1-4H3,(H2,22,25)(H,23,24)/t12-/m1/s1. The number of ether oxygens (including phenoxy) is 2. The average Bonchev–Trinajstić information content (AvgIpc) is 3.02. The molecule has 7 nitrogen and oxygen atoms in total. The SMILES string of the molecule is CCC[C@@H](C)c1ccc(OCC(=O)Nc2sc(C(=O)OC)c(C)c2C(N)=O)cc1. The second kappa shape index (κ2) is 10.1. The van der Waals surface area contributed by atoms with E-state index in [1.165, 1.54) is 12.7 Å². The monoisotopic (exact) mass is 418 g/mol. The number of hydrogen-bond acceptors (Lipinski definition) is 6. The van der Waals surface area contributed by atoms with Crippen molar-refractivity contribution in [3.05, 3.63) is 45.8 Å². The zero-order valence-electron chi connectivity index (χ0n) is 17.0. The predicted molar refractivity (Wildman–Crippen MR) is 113 cm³/mol. The molecular formula is C21H26N2O5S. The van der Waals surface area contributed by atoms with E-state index in [9.17, 15) is 14.4 Å². The second-order valence-corrected chi connectivity index (χ2v) is 7.73. The molecule has 0 aliphatic carbocycles. The van der Waals surface area contributed by atoms with Crippen molar-refractivity contribution in [2.45, 2.75) is 39.5 Å².